The molecule has 0 fully saturated rings. The van der Waals surface area contributed by atoms with Gasteiger partial charge in [-0.3, -0.25) is 0 Å². The predicted molar refractivity (Wildman–Crippen MR) is 227 cm³/mol. The maximum absolute atomic E-state index is 6.89. The lowest BCUT2D eigenvalue weighted by Gasteiger charge is -2.34. The molecule has 0 radical (unpaired) electrons. The fraction of sp³-hybridized carbons (Fsp3) is 0.0833. The number of allylic oxidation sites excluding steroid dienone is 9. The zero-order chi connectivity index (χ0) is 36.5. The topological polar surface area (TPSA) is 66.7 Å². The summed E-state index contributed by atoms with van der Waals surface area (Å²) in [6.45, 7) is 5.30. The van der Waals surface area contributed by atoms with Gasteiger partial charge in [0, 0.05) is 73.5 Å². The number of H-pyrrole nitrogens is 1. The molecule has 0 bridgehead atoms. The number of aromatic nitrogens is 2. The van der Waals surface area contributed by atoms with Crippen LogP contribution >= 0.6 is 0 Å². The number of amidine groups is 1. The third kappa shape index (κ3) is 5.97. The van der Waals surface area contributed by atoms with Crippen LogP contribution < -0.4 is 10.1 Å². The van der Waals surface area contributed by atoms with Crippen molar-refractivity contribution in [2.45, 2.75) is 19.3 Å². The quantitative estimate of drug-likeness (QED) is 0.188. The lowest BCUT2D eigenvalue weighted by Crippen LogP contribution is -2.24. The smallest absolute Gasteiger partial charge is 0.159 e. The number of hydrogen-bond donors (Lipinski definition) is 2. The van der Waals surface area contributed by atoms with Crippen LogP contribution in [-0.2, 0) is 5.41 Å². The van der Waals surface area contributed by atoms with Crippen LogP contribution in [0.3, 0.4) is 0 Å². The highest BCUT2D eigenvalue weighted by molar-refractivity contribution is 6.12. The minimum Gasteiger partial charge on any atom is -0.457 e. The Balaban J connectivity index is 1.24. The van der Waals surface area contributed by atoms with Gasteiger partial charge in [-0.1, -0.05) is 117 Å². The molecular weight excluding hydrogens is 663 g/mol. The van der Waals surface area contributed by atoms with Gasteiger partial charge in [-0.2, -0.15) is 0 Å². The zero-order valence-electron chi connectivity index (χ0n) is 30.2. The summed E-state index contributed by atoms with van der Waals surface area (Å²) in [5, 5.41) is 7.96. The van der Waals surface area contributed by atoms with Gasteiger partial charge in [0.2, 0.25) is 0 Å². The highest BCUT2D eigenvalue weighted by Gasteiger charge is 2.36. The summed E-state index contributed by atoms with van der Waals surface area (Å²) < 4.78 is 9.17. The lowest BCUT2D eigenvalue weighted by atomic mass is 9.75. The molecule has 0 amide bonds. The van der Waals surface area contributed by atoms with Crippen molar-refractivity contribution >= 4 is 61.4 Å². The zero-order valence-corrected chi connectivity index (χ0v) is 30.2. The van der Waals surface area contributed by atoms with E-state index in [1.54, 1.807) is 6.21 Å². The summed E-state index contributed by atoms with van der Waals surface area (Å²) in [6.07, 6.45) is 23.7. The number of fused-ring (bicyclic) bond motifs is 8. The van der Waals surface area contributed by atoms with Gasteiger partial charge < -0.3 is 19.6 Å². The first-order valence-corrected chi connectivity index (χ1v) is 18.3. The van der Waals surface area contributed by atoms with Gasteiger partial charge in [-0.25, -0.2) is 9.98 Å². The molecule has 6 nitrogen and oxygen atoms in total. The summed E-state index contributed by atoms with van der Waals surface area (Å²) in [7, 11) is 0. The maximum Gasteiger partial charge on any atom is 0.159 e. The molecule has 0 saturated heterocycles. The summed E-state index contributed by atoms with van der Waals surface area (Å²) >= 11 is 0. The van der Waals surface area contributed by atoms with Crippen molar-refractivity contribution in [2.75, 3.05) is 6.54 Å². The van der Waals surface area contributed by atoms with Crippen molar-refractivity contribution in [1.29, 1.82) is 0 Å². The van der Waals surface area contributed by atoms with E-state index in [0.717, 1.165) is 72.1 Å². The third-order valence-corrected chi connectivity index (χ3v) is 10.2. The molecule has 0 atom stereocenters. The molecule has 262 valence electrons. The van der Waals surface area contributed by atoms with E-state index in [9.17, 15) is 0 Å². The van der Waals surface area contributed by atoms with Crippen LogP contribution in [0.5, 0.6) is 11.5 Å². The SMILES string of the molecule is CC1(C)c2cc3[nH]c4ccccc4c3cc2Oc2cc3c(cc21)c1ccccc1n3C1=CN=C(c2ccccc2)N=C/C=C/C=C\C=C/NC/C=C/C=C1. The van der Waals surface area contributed by atoms with Crippen LogP contribution in [0, 0.1) is 0 Å². The largest absolute Gasteiger partial charge is 0.457 e. The Morgan fingerprint density at radius 1 is 0.648 bits per heavy atom. The van der Waals surface area contributed by atoms with E-state index in [1.165, 1.54) is 5.39 Å². The van der Waals surface area contributed by atoms with Gasteiger partial charge >= 0.3 is 0 Å². The normalized spacial score (nSPS) is 18.1. The van der Waals surface area contributed by atoms with Gasteiger partial charge in [0.1, 0.15) is 11.5 Å². The number of para-hydroxylation sites is 2. The fourth-order valence-corrected chi connectivity index (χ4v) is 7.55. The average Bonchev–Trinajstić information content (AvgIpc) is 3.72. The Labute approximate surface area is 314 Å². The van der Waals surface area contributed by atoms with Crippen molar-refractivity contribution in [1.82, 2.24) is 14.9 Å². The second-order valence-electron chi connectivity index (χ2n) is 14.0. The van der Waals surface area contributed by atoms with Gasteiger partial charge in [-0.15, -0.1) is 0 Å². The van der Waals surface area contributed by atoms with Crippen LogP contribution in [0.1, 0.15) is 30.5 Å². The maximum atomic E-state index is 6.89. The average molecular weight is 702 g/mol. The second kappa shape index (κ2) is 13.9. The number of ether oxygens (including phenoxy) is 1. The Bertz CT molecular complexity index is 2820. The molecule has 2 aliphatic heterocycles. The van der Waals surface area contributed by atoms with Crippen LogP contribution in [0.15, 0.2) is 180 Å². The van der Waals surface area contributed by atoms with E-state index in [0.29, 0.717) is 12.4 Å². The van der Waals surface area contributed by atoms with E-state index >= 15 is 0 Å². The van der Waals surface area contributed by atoms with Gasteiger partial charge in [-0.05, 0) is 54.8 Å². The number of benzene rings is 5. The van der Waals surface area contributed by atoms with Crippen LogP contribution in [0.25, 0.3) is 49.3 Å². The van der Waals surface area contributed by atoms with Crippen LogP contribution in [-0.4, -0.2) is 28.1 Å². The van der Waals surface area contributed by atoms with E-state index in [1.807, 2.05) is 73.1 Å². The number of nitrogens with one attached hydrogen (secondary N) is 2. The van der Waals surface area contributed by atoms with Gasteiger partial charge in [0.15, 0.2) is 5.84 Å². The van der Waals surface area contributed by atoms with E-state index in [2.05, 4.69) is 126 Å². The molecule has 7 aromatic rings. The highest BCUT2D eigenvalue weighted by atomic mass is 16.5. The second-order valence-corrected chi connectivity index (χ2v) is 14.0. The molecule has 6 heteroatoms. The Morgan fingerprint density at radius 3 is 2.31 bits per heavy atom. The first kappa shape index (κ1) is 33.0. The number of aliphatic imine (C=N–C) groups is 2. The van der Waals surface area contributed by atoms with E-state index in [-0.39, 0.29) is 5.41 Å². The van der Waals surface area contributed by atoms with Gasteiger partial charge in [0.25, 0.3) is 0 Å². The highest BCUT2D eigenvalue weighted by Crippen LogP contribution is 2.51. The van der Waals surface area contributed by atoms with Crippen LogP contribution in [0.4, 0.5) is 0 Å². The number of rotatable bonds is 2. The number of nitrogens with zero attached hydrogens (tertiary/aromatic N) is 3. The first-order valence-electron chi connectivity index (χ1n) is 18.3. The summed E-state index contributed by atoms with van der Waals surface area (Å²) in [5.74, 6) is 2.35. The third-order valence-electron chi connectivity index (χ3n) is 10.2. The molecule has 0 saturated carbocycles. The molecule has 2 aliphatic rings. The standard InChI is InChI=1S/C48H39N5O/c1-48(2)39-28-38-36-22-12-14-24-43(36)53(44(38)31-46(39)54-45-29-37-35-21-11-13-23-41(35)52-42(37)30-40(45)48)34-20-10-7-16-26-49-25-15-4-3-5-17-27-50-47(51-32-34)33-18-8-6-9-19-33/h3-25,27-32,49,52H,26H2,1-2H3/b4-3-,16-7+,17-5+,20-10?,25-15-,34-32?,50-27?,51-47?. The molecule has 9 rings (SSSR count). The molecule has 0 aliphatic carbocycles. The number of hydrogen-bond acceptors (Lipinski definition) is 4. The Hall–Kier alpha value is -6.92. The Morgan fingerprint density at radius 2 is 1.41 bits per heavy atom. The molecule has 0 unspecified atom stereocenters. The predicted octanol–water partition coefficient (Wildman–Crippen LogP) is 11.5. The monoisotopic (exact) mass is 701 g/mol. The van der Waals surface area contributed by atoms with Crippen molar-refractivity contribution in [3.8, 4) is 11.5 Å². The summed E-state index contributed by atoms with van der Waals surface area (Å²) in [6, 6.07) is 36.1. The summed E-state index contributed by atoms with van der Waals surface area (Å²) in [5.41, 5.74) is 8.17. The first-order chi connectivity index (χ1) is 26.6. The van der Waals surface area contributed by atoms with Gasteiger partial charge in [0.05, 0.1) is 22.9 Å². The van der Waals surface area contributed by atoms with Crippen molar-refractivity contribution in [3.05, 3.63) is 187 Å². The minimum atomic E-state index is -0.310. The Kier molecular flexibility index (Phi) is 8.48. The van der Waals surface area contributed by atoms with Crippen molar-refractivity contribution in [2.24, 2.45) is 9.98 Å². The molecule has 2 aromatic heterocycles. The molecule has 0 spiro atoms. The molecule has 5 aromatic carbocycles. The van der Waals surface area contributed by atoms with Crippen molar-refractivity contribution in [3.63, 3.8) is 0 Å². The van der Waals surface area contributed by atoms with E-state index < -0.39 is 0 Å². The minimum absolute atomic E-state index is 0.310. The van der Waals surface area contributed by atoms with E-state index in [4.69, 9.17) is 14.7 Å². The van der Waals surface area contributed by atoms with Crippen LogP contribution in [0.2, 0.25) is 0 Å². The molecular formula is C48H39N5O. The molecule has 4 heterocycles. The summed E-state index contributed by atoms with van der Waals surface area (Å²) in [4.78, 5) is 13.5. The number of aromatic amines is 1. The molecule has 2 N–H and O–H groups in total. The fourth-order valence-electron chi connectivity index (χ4n) is 7.55. The van der Waals surface area contributed by atoms with Crippen molar-refractivity contribution < 1.29 is 4.74 Å². The molecule has 54 heavy (non-hydrogen) atoms. The lowest BCUT2D eigenvalue weighted by molar-refractivity contribution is 0.420.